The van der Waals surface area contributed by atoms with Gasteiger partial charge in [0.25, 0.3) is 5.56 Å². The van der Waals surface area contributed by atoms with Crippen LogP contribution in [0, 0.1) is 17.6 Å². The number of aromatic nitrogens is 2. The Balaban J connectivity index is 1.32. The van der Waals surface area contributed by atoms with Crippen LogP contribution in [0.4, 0.5) is 8.78 Å². The molecule has 8 heteroatoms. The topological polar surface area (TPSA) is 73.1 Å². The molecule has 3 atom stereocenters. The maximum atomic E-state index is 13.7. The first-order chi connectivity index (χ1) is 13.6. The summed E-state index contributed by atoms with van der Waals surface area (Å²) < 4.78 is 27.0. The van der Waals surface area contributed by atoms with Crippen molar-refractivity contribution in [1.29, 1.82) is 0 Å². The van der Waals surface area contributed by atoms with Gasteiger partial charge >= 0.3 is 0 Å². The minimum Gasteiger partial charge on any atom is -0.310 e. The van der Waals surface area contributed by atoms with E-state index >= 15 is 0 Å². The second kappa shape index (κ2) is 7.02. The number of hydrogen-bond donors (Lipinski definition) is 3. The van der Waals surface area contributed by atoms with Crippen LogP contribution in [-0.2, 0) is 6.54 Å². The first-order valence-corrected chi connectivity index (χ1v) is 9.85. The molecule has 3 unspecified atom stereocenters. The third-order valence-electron chi connectivity index (χ3n) is 6.06. The van der Waals surface area contributed by atoms with E-state index < -0.39 is 11.6 Å². The van der Waals surface area contributed by atoms with Gasteiger partial charge in [-0.05, 0) is 37.0 Å². The smallest absolute Gasteiger partial charge is 0.251 e. The molecule has 0 amide bonds. The molecular weight excluding hydrogens is 364 g/mol. The monoisotopic (exact) mass is 387 g/mol. The van der Waals surface area contributed by atoms with Gasteiger partial charge in [0, 0.05) is 43.6 Å². The maximum Gasteiger partial charge on any atom is 0.251 e. The average Bonchev–Trinajstić information content (AvgIpc) is 3.44. The fraction of sp³-hybridized carbons (Fsp3) is 0.500. The van der Waals surface area contributed by atoms with Gasteiger partial charge in [-0.2, -0.15) is 0 Å². The van der Waals surface area contributed by atoms with Crippen LogP contribution in [0.2, 0.25) is 0 Å². The molecule has 5 rings (SSSR count). The van der Waals surface area contributed by atoms with Crippen LogP contribution < -0.4 is 16.4 Å². The predicted octanol–water partition coefficient (Wildman–Crippen LogP) is 1.97. The lowest BCUT2D eigenvalue weighted by atomic mass is 9.85. The van der Waals surface area contributed by atoms with Gasteiger partial charge in [0.05, 0.1) is 11.7 Å². The molecule has 2 aromatic rings. The Morgan fingerprint density at radius 2 is 1.96 bits per heavy atom. The molecule has 0 spiro atoms. The predicted molar refractivity (Wildman–Crippen MR) is 99.4 cm³/mol. The van der Waals surface area contributed by atoms with E-state index in [4.69, 9.17) is 0 Å². The summed E-state index contributed by atoms with van der Waals surface area (Å²) >= 11 is 0. The van der Waals surface area contributed by atoms with Crippen LogP contribution in [0.15, 0.2) is 29.1 Å². The maximum absolute atomic E-state index is 13.7. The second-order valence-electron chi connectivity index (χ2n) is 8.13. The van der Waals surface area contributed by atoms with Gasteiger partial charge in [0.15, 0.2) is 11.6 Å². The minimum atomic E-state index is -0.830. The fourth-order valence-corrected chi connectivity index (χ4v) is 4.44. The number of H-pyrrole nitrogens is 1. The van der Waals surface area contributed by atoms with Crippen molar-refractivity contribution in [3.05, 3.63) is 63.3 Å². The van der Waals surface area contributed by atoms with Crippen LogP contribution in [-0.4, -0.2) is 34.0 Å². The number of hydrogen-bond acceptors (Lipinski definition) is 5. The van der Waals surface area contributed by atoms with Crippen LogP contribution in [0.3, 0.4) is 0 Å². The van der Waals surface area contributed by atoms with Crippen LogP contribution in [0.1, 0.15) is 48.3 Å². The molecule has 0 bridgehead atoms. The number of piperidine rings is 1. The summed E-state index contributed by atoms with van der Waals surface area (Å²) in [4.78, 5) is 21.8. The van der Waals surface area contributed by atoms with Crippen LogP contribution in [0.25, 0.3) is 0 Å². The average molecular weight is 387 g/mol. The van der Waals surface area contributed by atoms with E-state index in [1.165, 1.54) is 12.1 Å². The van der Waals surface area contributed by atoms with Gasteiger partial charge < -0.3 is 4.98 Å². The number of hydrazine groups is 1. The summed E-state index contributed by atoms with van der Waals surface area (Å²) in [5.41, 5.74) is 8.00. The van der Waals surface area contributed by atoms with Gasteiger partial charge in [-0.1, -0.05) is 6.07 Å². The molecule has 3 heterocycles. The number of nitrogens with zero attached hydrogens (tertiary/aromatic N) is 2. The van der Waals surface area contributed by atoms with Crippen LogP contribution >= 0.6 is 0 Å². The minimum absolute atomic E-state index is 0.0861. The second-order valence-corrected chi connectivity index (χ2v) is 8.13. The van der Waals surface area contributed by atoms with Crippen molar-refractivity contribution < 1.29 is 8.78 Å². The Labute approximate surface area is 161 Å². The van der Waals surface area contributed by atoms with E-state index in [1.54, 1.807) is 12.1 Å². The molecule has 2 aliphatic heterocycles. The summed E-state index contributed by atoms with van der Waals surface area (Å²) in [7, 11) is 0. The number of likely N-dealkylation sites (tertiary alicyclic amines) is 1. The third kappa shape index (κ3) is 3.47. The molecular formula is C20H23F2N5O. The Morgan fingerprint density at radius 1 is 1.11 bits per heavy atom. The zero-order valence-electron chi connectivity index (χ0n) is 15.4. The third-order valence-corrected chi connectivity index (χ3v) is 6.06. The van der Waals surface area contributed by atoms with Gasteiger partial charge in [0.2, 0.25) is 0 Å². The summed E-state index contributed by atoms with van der Waals surface area (Å²) in [6.45, 7) is 2.31. The quantitative estimate of drug-likeness (QED) is 0.748. The molecule has 3 N–H and O–H groups in total. The molecule has 1 aliphatic carbocycles. The summed E-state index contributed by atoms with van der Waals surface area (Å²) in [5.74, 6) is -0.219. The van der Waals surface area contributed by atoms with E-state index in [-0.39, 0.29) is 23.6 Å². The van der Waals surface area contributed by atoms with Gasteiger partial charge in [-0.3, -0.25) is 15.1 Å². The SMILES string of the molecule is O=c1cc(CN2CCC3NNC(c4ccc(F)c(F)c4)C3C2)nc(C2CC2)[nH]1. The highest BCUT2D eigenvalue weighted by atomic mass is 19.2. The Bertz CT molecular complexity index is 944. The summed E-state index contributed by atoms with van der Waals surface area (Å²) in [6.07, 6.45) is 3.12. The lowest BCUT2D eigenvalue weighted by molar-refractivity contribution is 0.146. The first kappa shape index (κ1) is 17.9. The van der Waals surface area contributed by atoms with Crippen molar-refractivity contribution in [1.82, 2.24) is 25.7 Å². The first-order valence-electron chi connectivity index (χ1n) is 9.85. The molecule has 1 aromatic heterocycles. The highest BCUT2D eigenvalue weighted by molar-refractivity contribution is 5.24. The van der Waals surface area contributed by atoms with E-state index in [2.05, 4.69) is 25.7 Å². The molecule has 0 radical (unpaired) electrons. The van der Waals surface area contributed by atoms with E-state index in [0.29, 0.717) is 12.5 Å². The number of halogens is 2. The highest BCUT2D eigenvalue weighted by Gasteiger charge is 2.40. The summed E-state index contributed by atoms with van der Waals surface area (Å²) in [6, 6.07) is 5.87. The molecule has 6 nitrogen and oxygen atoms in total. The molecule has 3 aliphatic rings. The van der Waals surface area contributed by atoms with Crippen molar-refractivity contribution in [2.24, 2.45) is 5.92 Å². The normalized spacial score (nSPS) is 27.7. The molecule has 28 heavy (non-hydrogen) atoms. The molecule has 3 fully saturated rings. The van der Waals surface area contributed by atoms with Gasteiger partial charge in [-0.25, -0.2) is 19.2 Å². The largest absolute Gasteiger partial charge is 0.310 e. The van der Waals surface area contributed by atoms with E-state index in [0.717, 1.165) is 49.4 Å². The molecule has 1 saturated carbocycles. The van der Waals surface area contributed by atoms with Crippen molar-refractivity contribution in [3.63, 3.8) is 0 Å². The number of benzene rings is 1. The summed E-state index contributed by atoms with van der Waals surface area (Å²) in [5, 5.41) is 0. The molecule has 148 valence electrons. The zero-order chi connectivity index (χ0) is 19.3. The lowest BCUT2D eigenvalue weighted by Crippen LogP contribution is -2.45. The van der Waals surface area contributed by atoms with Crippen molar-refractivity contribution in [2.75, 3.05) is 13.1 Å². The van der Waals surface area contributed by atoms with Crippen LogP contribution in [0.5, 0.6) is 0 Å². The Morgan fingerprint density at radius 3 is 2.75 bits per heavy atom. The number of fused-ring (bicyclic) bond motifs is 1. The lowest BCUT2D eigenvalue weighted by Gasteiger charge is -2.36. The Hall–Kier alpha value is -2.16. The van der Waals surface area contributed by atoms with Gasteiger partial charge in [0.1, 0.15) is 5.82 Å². The number of aromatic amines is 1. The zero-order valence-corrected chi connectivity index (χ0v) is 15.4. The van der Waals surface area contributed by atoms with Crippen molar-refractivity contribution >= 4 is 0 Å². The van der Waals surface area contributed by atoms with E-state index in [9.17, 15) is 13.6 Å². The van der Waals surface area contributed by atoms with Crippen molar-refractivity contribution in [3.8, 4) is 0 Å². The Kier molecular flexibility index (Phi) is 4.49. The highest BCUT2D eigenvalue weighted by Crippen LogP contribution is 2.38. The van der Waals surface area contributed by atoms with Gasteiger partial charge in [-0.15, -0.1) is 0 Å². The molecule has 2 saturated heterocycles. The standard InChI is InChI=1S/C20H23F2N5O/c21-15-4-3-12(7-16(15)22)19-14-10-27(6-5-17(14)25-26-19)9-13-8-18(28)24-20(23-13)11-1-2-11/h3-4,7-8,11,14,17,19,25-26H,1-2,5-6,9-10H2,(H,23,24,28). The number of nitrogens with one attached hydrogen (secondary N) is 3. The number of rotatable bonds is 4. The molecule has 1 aromatic carbocycles. The van der Waals surface area contributed by atoms with E-state index in [1.807, 2.05) is 0 Å². The van der Waals surface area contributed by atoms with Crippen molar-refractivity contribution in [2.45, 2.75) is 43.8 Å². The fourth-order valence-electron chi connectivity index (χ4n) is 4.44.